The van der Waals surface area contributed by atoms with E-state index in [1.54, 1.807) is 8.87 Å². The SMILES string of the molecule is CCC[CH2][Sn+2][CH2]CCC.[S-]CCSCCSCCSCC[S-]. The fraction of sp³-hybridized carbons (Fsp3) is 1.00. The third kappa shape index (κ3) is 30.4. The largest absolute Gasteiger partial charge is 0.792 e. The number of hydrogen-bond donors (Lipinski definition) is 0. The third-order valence-electron chi connectivity index (χ3n) is 2.61. The molecule has 0 aromatic rings. The van der Waals surface area contributed by atoms with Crippen LogP contribution >= 0.6 is 35.3 Å². The second kappa shape index (κ2) is 28.4. The summed E-state index contributed by atoms with van der Waals surface area (Å²) in [6.45, 7) is 4.58. The van der Waals surface area contributed by atoms with E-state index in [-0.39, 0.29) is 21.1 Å². The van der Waals surface area contributed by atoms with Crippen molar-refractivity contribution >= 4 is 81.7 Å². The number of unbranched alkanes of at least 4 members (excludes halogenated alkanes) is 2. The third-order valence-corrected chi connectivity index (χ3v) is 11.0. The van der Waals surface area contributed by atoms with E-state index in [1.807, 2.05) is 35.3 Å². The summed E-state index contributed by atoms with van der Waals surface area (Å²) in [5.74, 6) is 9.12. The summed E-state index contributed by atoms with van der Waals surface area (Å²) in [6.07, 6.45) is 5.84. The molecule has 22 heavy (non-hydrogen) atoms. The molecule has 0 fully saturated rings. The summed E-state index contributed by atoms with van der Waals surface area (Å²) < 4.78 is 3.25. The van der Waals surface area contributed by atoms with Crippen LogP contribution in [0.4, 0.5) is 0 Å². The molecule has 0 bridgehead atoms. The first-order valence-electron chi connectivity index (χ1n) is 8.43. The van der Waals surface area contributed by atoms with E-state index in [0.29, 0.717) is 0 Å². The molecule has 6 heteroatoms. The van der Waals surface area contributed by atoms with Gasteiger partial charge in [-0.1, -0.05) is 0 Å². The molecule has 0 radical (unpaired) electrons. The Hall–Kier alpha value is 2.55. The molecule has 0 amide bonds. The van der Waals surface area contributed by atoms with Gasteiger partial charge in [-0.15, -0.1) is 0 Å². The summed E-state index contributed by atoms with van der Waals surface area (Å²) >= 11 is 15.9. The van der Waals surface area contributed by atoms with Gasteiger partial charge in [-0.3, -0.25) is 0 Å². The second-order valence-corrected chi connectivity index (χ2v) is 13.5. The fourth-order valence-electron chi connectivity index (χ4n) is 1.39. The van der Waals surface area contributed by atoms with E-state index in [0.717, 1.165) is 23.0 Å². The molecule has 0 aliphatic heterocycles. The van der Waals surface area contributed by atoms with E-state index in [2.05, 4.69) is 13.8 Å². The monoisotopic (exact) mass is 506 g/mol. The van der Waals surface area contributed by atoms with Gasteiger partial charge in [0.25, 0.3) is 0 Å². The van der Waals surface area contributed by atoms with Crippen LogP contribution in [0, 0.1) is 0 Å². The van der Waals surface area contributed by atoms with Crippen molar-refractivity contribution in [3.63, 3.8) is 0 Å². The van der Waals surface area contributed by atoms with Crippen LogP contribution in [0.1, 0.15) is 39.5 Å². The van der Waals surface area contributed by atoms with Gasteiger partial charge < -0.3 is 25.3 Å². The number of rotatable bonds is 16. The van der Waals surface area contributed by atoms with Crippen molar-refractivity contribution in [1.29, 1.82) is 0 Å². The molecule has 0 spiro atoms. The molecule has 0 saturated carbocycles. The molecular formula is C16H34S5Sn. The van der Waals surface area contributed by atoms with Crippen molar-refractivity contribution in [1.82, 2.24) is 0 Å². The van der Waals surface area contributed by atoms with Crippen LogP contribution in [0.3, 0.4) is 0 Å². The zero-order valence-electron chi connectivity index (χ0n) is 14.4. The molecule has 0 saturated heterocycles. The molecule has 0 nitrogen and oxygen atoms in total. The molecular weight excluding hydrogens is 471 g/mol. The first kappa shape index (κ1) is 26.8. The van der Waals surface area contributed by atoms with Gasteiger partial charge in [-0.2, -0.15) is 46.8 Å². The van der Waals surface area contributed by atoms with E-state index < -0.39 is 0 Å². The topological polar surface area (TPSA) is 0 Å². The maximum absolute atomic E-state index is 4.86. The standard InChI is InChI=1S/C8H18S5.2C4H9.Sn/c9-1-3-11-5-7-13-8-6-12-4-2-10;2*1-3-4-2;/h9-10H,1-8H2;2*1,3-4H2,2H3;/q;;;+2/p-2. The summed E-state index contributed by atoms with van der Waals surface area (Å²) in [5, 5.41) is 0. The van der Waals surface area contributed by atoms with E-state index >= 15 is 0 Å². The Morgan fingerprint density at radius 1 is 0.636 bits per heavy atom. The van der Waals surface area contributed by atoms with Crippen molar-refractivity contribution in [3.8, 4) is 0 Å². The van der Waals surface area contributed by atoms with Crippen LogP contribution in [0.15, 0.2) is 0 Å². The molecule has 0 aliphatic rings. The predicted molar refractivity (Wildman–Crippen MR) is 122 cm³/mol. The van der Waals surface area contributed by atoms with Crippen molar-refractivity contribution in [3.05, 3.63) is 0 Å². The predicted octanol–water partition coefficient (Wildman–Crippen LogP) is 5.41. The fourth-order valence-corrected chi connectivity index (χ4v) is 8.99. The van der Waals surface area contributed by atoms with Crippen molar-refractivity contribution in [2.24, 2.45) is 0 Å². The normalized spacial score (nSPS) is 10.0. The molecule has 0 N–H and O–H groups in total. The van der Waals surface area contributed by atoms with Gasteiger partial charge in [0.2, 0.25) is 0 Å². The molecule has 0 unspecified atom stereocenters. The average Bonchev–Trinajstić information content (AvgIpc) is 2.54. The summed E-state index contributed by atoms with van der Waals surface area (Å²) in [4.78, 5) is 0. The van der Waals surface area contributed by atoms with Gasteiger partial charge in [0.15, 0.2) is 0 Å². The average molecular weight is 505 g/mol. The molecule has 0 aromatic heterocycles. The van der Waals surface area contributed by atoms with Crippen molar-refractivity contribution < 1.29 is 0 Å². The molecule has 0 heterocycles. The zero-order chi connectivity index (χ0) is 16.7. The summed E-state index contributed by atoms with van der Waals surface area (Å²) in [7, 11) is 0. The van der Waals surface area contributed by atoms with E-state index in [4.69, 9.17) is 25.3 Å². The Kier molecular flexibility index (Phi) is 34.5. The van der Waals surface area contributed by atoms with Crippen molar-refractivity contribution in [2.45, 2.75) is 48.4 Å². The van der Waals surface area contributed by atoms with Gasteiger partial charge in [-0.25, -0.2) is 0 Å². The van der Waals surface area contributed by atoms with Crippen LogP contribution in [0.2, 0.25) is 8.87 Å². The minimum absolute atomic E-state index is 0.149. The molecule has 0 rings (SSSR count). The van der Waals surface area contributed by atoms with Gasteiger partial charge in [0.05, 0.1) is 0 Å². The molecule has 0 aromatic carbocycles. The number of thioether (sulfide) groups is 3. The second-order valence-electron chi connectivity index (χ2n) is 4.70. The van der Waals surface area contributed by atoms with Gasteiger partial charge >= 0.3 is 69.5 Å². The Balaban J connectivity index is 0. The Morgan fingerprint density at radius 2 is 1.00 bits per heavy atom. The maximum atomic E-state index is 4.86. The van der Waals surface area contributed by atoms with Gasteiger partial charge in [0, 0.05) is 23.0 Å². The first-order chi connectivity index (χ1) is 10.8. The van der Waals surface area contributed by atoms with E-state index in [1.165, 1.54) is 48.7 Å². The van der Waals surface area contributed by atoms with Crippen LogP contribution in [0.25, 0.3) is 0 Å². The quantitative estimate of drug-likeness (QED) is 0.156. The maximum Gasteiger partial charge on any atom is 0.00238 e. The Morgan fingerprint density at radius 3 is 1.32 bits per heavy atom. The summed E-state index contributed by atoms with van der Waals surface area (Å²) in [6, 6.07) is 0. The Labute approximate surface area is 174 Å². The van der Waals surface area contributed by atoms with Gasteiger partial charge in [-0.05, 0) is 11.5 Å². The first-order valence-corrected chi connectivity index (χ1v) is 17.1. The van der Waals surface area contributed by atoms with Crippen molar-refractivity contribution in [2.75, 3.05) is 46.0 Å². The molecule has 0 aliphatic carbocycles. The van der Waals surface area contributed by atoms with Gasteiger partial charge in [0.1, 0.15) is 0 Å². The summed E-state index contributed by atoms with van der Waals surface area (Å²) in [5.41, 5.74) is 0. The smallest absolute Gasteiger partial charge is 0.00238 e. The zero-order valence-corrected chi connectivity index (χ0v) is 21.4. The number of hydrogen-bond acceptors (Lipinski definition) is 5. The van der Waals surface area contributed by atoms with Crippen LogP contribution in [0.5, 0.6) is 0 Å². The van der Waals surface area contributed by atoms with Crippen LogP contribution < -0.4 is 0 Å². The minimum Gasteiger partial charge on any atom is -0.792 e. The van der Waals surface area contributed by atoms with E-state index in [9.17, 15) is 0 Å². The Bertz CT molecular complexity index is 157. The van der Waals surface area contributed by atoms with Crippen LogP contribution in [-0.2, 0) is 25.3 Å². The molecule has 132 valence electrons. The molecule has 0 atom stereocenters. The minimum atomic E-state index is 0.149. The van der Waals surface area contributed by atoms with Crippen LogP contribution in [-0.4, -0.2) is 67.2 Å².